The summed E-state index contributed by atoms with van der Waals surface area (Å²) >= 11 is 1.60. The van der Waals surface area contributed by atoms with Gasteiger partial charge in [0.1, 0.15) is 18.1 Å². The minimum absolute atomic E-state index is 0.0533. The number of amides is 3. The minimum atomic E-state index is -0.319. The summed E-state index contributed by atoms with van der Waals surface area (Å²) in [5.74, 6) is 0.261. The van der Waals surface area contributed by atoms with Crippen molar-refractivity contribution in [3.05, 3.63) is 81.8 Å². The molecule has 1 saturated heterocycles. The monoisotopic (exact) mass is 552 g/mol. The summed E-state index contributed by atoms with van der Waals surface area (Å²) in [4.78, 5) is 33.9. The third kappa shape index (κ3) is 8.53. The van der Waals surface area contributed by atoms with Crippen molar-refractivity contribution in [3.8, 4) is 5.75 Å². The summed E-state index contributed by atoms with van der Waals surface area (Å²) in [6, 6.07) is 15.1. The molecule has 9 heteroatoms. The van der Waals surface area contributed by atoms with Gasteiger partial charge in [-0.2, -0.15) is 0 Å². The first-order valence-electron chi connectivity index (χ1n) is 13.5. The second-order valence-corrected chi connectivity index (χ2v) is 10.8. The van der Waals surface area contributed by atoms with E-state index in [0.717, 1.165) is 47.7 Å². The molecule has 0 unspecified atom stereocenters. The first kappa shape index (κ1) is 28.6. The largest absolute Gasteiger partial charge is 0.494 e. The zero-order valence-corrected chi connectivity index (χ0v) is 23.5. The fraction of sp³-hybridized carbons (Fsp3) is 0.400. The molecule has 1 fully saturated rings. The van der Waals surface area contributed by atoms with Gasteiger partial charge in [-0.25, -0.2) is 9.18 Å². The maximum absolute atomic E-state index is 13.7. The van der Waals surface area contributed by atoms with Gasteiger partial charge < -0.3 is 24.8 Å². The van der Waals surface area contributed by atoms with Crippen LogP contribution in [0.4, 0.5) is 14.9 Å². The van der Waals surface area contributed by atoms with Crippen LogP contribution in [-0.2, 0) is 17.9 Å². The van der Waals surface area contributed by atoms with Crippen LogP contribution >= 0.6 is 11.3 Å². The lowest BCUT2D eigenvalue weighted by Gasteiger charge is -2.29. The van der Waals surface area contributed by atoms with Crippen LogP contribution in [-0.4, -0.2) is 66.0 Å². The summed E-state index contributed by atoms with van der Waals surface area (Å²) in [5, 5.41) is 4.96. The van der Waals surface area contributed by atoms with Crippen LogP contribution in [0.15, 0.2) is 60.0 Å². The Morgan fingerprint density at radius 3 is 2.36 bits per heavy atom. The summed E-state index contributed by atoms with van der Waals surface area (Å²) in [6.45, 7) is 8.40. The summed E-state index contributed by atoms with van der Waals surface area (Å²) < 4.78 is 19.0. The predicted octanol–water partition coefficient (Wildman–Crippen LogP) is 5.75. The van der Waals surface area contributed by atoms with Crippen molar-refractivity contribution in [2.24, 2.45) is 0 Å². The lowest BCUT2D eigenvalue weighted by molar-refractivity contribution is -0.133. The SMILES string of the molecule is CCOc1ccc(NC(=O)N(CCN2CCCC2)CC(=O)N(Cc2ccc(F)cc2)Cc2sccc2C)cc1. The van der Waals surface area contributed by atoms with Crippen LogP contribution in [0.25, 0.3) is 0 Å². The van der Waals surface area contributed by atoms with E-state index in [2.05, 4.69) is 10.2 Å². The molecule has 0 spiro atoms. The van der Waals surface area contributed by atoms with Crippen molar-refractivity contribution in [1.82, 2.24) is 14.7 Å². The van der Waals surface area contributed by atoms with E-state index in [1.165, 1.54) is 12.1 Å². The Kier molecular flexibility index (Phi) is 10.3. The number of likely N-dealkylation sites (tertiary alicyclic amines) is 1. The normalized spacial score (nSPS) is 13.3. The third-order valence-corrected chi connectivity index (χ3v) is 7.86. The van der Waals surface area contributed by atoms with Gasteiger partial charge in [0.25, 0.3) is 0 Å². The number of benzene rings is 2. The standard InChI is InChI=1S/C30H37FN4O3S/c1-3-38-27-12-10-26(11-13-27)32-30(37)34(18-17-33-15-4-5-16-33)22-29(36)35(21-28-23(2)14-19-39-28)20-24-6-8-25(31)9-7-24/h6-14,19H,3-5,15-18,20-22H2,1-2H3,(H,32,37). The van der Waals surface area contributed by atoms with Crippen molar-refractivity contribution in [2.75, 3.05) is 44.6 Å². The van der Waals surface area contributed by atoms with Crippen molar-refractivity contribution in [2.45, 2.75) is 39.8 Å². The van der Waals surface area contributed by atoms with Gasteiger partial charge in [-0.3, -0.25) is 4.79 Å². The number of rotatable bonds is 12. The highest BCUT2D eigenvalue weighted by Crippen LogP contribution is 2.21. The second kappa shape index (κ2) is 14.1. The Hall–Kier alpha value is -3.43. The van der Waals surface area contributed by atoms with Gasteiger partial charge in [0, 0.05) is 30.2 Å². The van der Waals surface area contributed by atoms with Gasteiger partial charge in [0.2, 0.25) is 5.91 Å². The van der Waals surface area contributed by atoms with Crippen LogP contribution in [0, 0.1) is 12.7 Å². The molecule has 0 atom stereocenters. The predicted molar refractivity (Wildman–Crippen MR) is 154 cm³/mol. The maximum Gasteiger partial charge on any atom is 0.322 e. The Morgan fingerprint density at radius 1 is 1.00 bits per heavy atom. The lowest BCUT2D eigenvalue weighted by atomic mass is 10.2. The average Bonchev–Trinajstić information content (AvgIpc) is 3.60. The Morgan fingerprint density at radius 2 is 1.72 bits per heavy atom. The highest BCUT2D eigenvalue weighted by molar-refractivity contribution is 7.10. The lowest BCUT2D eigenvalue weighted by Crippen LogP contribution is -2.46. The van der Waals surface area contributed by atoms with E-state index in [1.807, 2.05) is 37.4 Å². The van der Waals surface area contributed by atoms with E-state index >= 15 is 0 Å². The number of nitrogens with zero attached hydrogens (tertiary/aromatic N) is 3. The number of hydrogen-bond donors (Lipinski definition) is 1. The highest BCUT2D eigenvalue weighted by Gasteiger charge is 2.24. The van der Waals surface area contributed by atoms with Gasteiger partial charge in [-0.15, -0.1) is 11.3 Å². The van der Waals surface area contributed by atoms with Crippen molar-refractivity contribution in [1.29, 1.82) is 0 Å². The molecule has 2 aromatic carbocycles. The molecule has 0 saturated carbocycles. The van der Waals surface area contributed by atoms with E-state index in [0.29, 0.717) is 38.5 Å². The molecule has 1 aliphatic rings. The number of carbonyl (C=O) groups is 2. The molecular formula is C30H37FN4O3S. The van der Waals surface area contributed by atoms with Crippen LogP contribution in [0.1, 0.15) is 35.8 Å². The number of carbonyl (C=O) groups excluding carboxylic acids is 2. The fourth-order valence-corrected chi connectivity index (χ4v) is 5.49. The molecule has 0 bridgehead atoms. The number of ether oxygens (including phenoxy) is 1. The number of aryl methyl sites for hydroxylation is 1. The molecule has 4 rings (SSSR count). The highest BCUT2D eigenvalue weighted by atomic mass is 32.1. The van der Waals surface area contributed by atoms with Crippen molar-refractivity contribution >= 4 is 29.0 Å². The summed E-state index contributed by atoms with van der Waals surface area (Å²) in [5.41, 5.74) is 2.59. The average molecular weight is 553 g/mol. The molecule has 7 nitrogen and oxygen atoms in total. The van der Waals surface area contributed by atoms with E-state index in [-0.39, 0.29) is 24.3 Å². The Balaban J connectivity index is 1.49. The summed E-state index contributed by atoms with van der Waals surface area (Å²) in [6.07, 6.45) is 2.31. The molecule has 0 radical (unpaired) electrons. The number of thiophene rings is 1. The Bertz CT molecular complexity index is 1210. The Labute approximate surface area is 234 Å². The van der Waals surface area contributed by atoms with Crippen LogP contribution in [0.5, 0.6) is 5.75 Å². The van der Waals surface area contributed by atoms with Crippen LogP contribution in [0.3, 0.4) is 0 Å². The second-order valence-electron chi connectivity index (χ2n) is 9.76. The third-order valence-electron chi connectivity index (χ3n) is 6.86. The van der Waals surface area contributed by atoms with E-state index in [9.17, 15) is 14.0 Å². The molecule has 39 heavy (non-hydrogen) atoms. The number of anilines is 1. The first-order valence-corrected chi connectivity index (χ1v) is 14.4. The van der Waals surface area contributed by atoms with Gasteiger partial charge in [-0.05, 0) is 98.8 Å². The fourth-order valence-electron chi connectivity index (χ4n) is 4.57. The molecular weight excluding hydrogens is 515 g/mol. The van der Waals surface area contributed by atoms with Crippen LogP contribution < -0.4 is 10.1 Å². The molecule has 1 aliphatic heterocycles. The molecule has 2 heterocycles. The van der Waals surface area contributed by atoms with Gasteiger partial charge in [0.15, 0.2) is 0 Å². The maximum atomic E-state index is 13.7. The van der Waals surface area contributed by atoms with Gasteiger partial charge in [-0.1, -0.05) is 12.1 Å². The van der Waals surface area contributed by atoms with E-state index in [1.54, 1.807) is 45.4 Å². The molecule has 1 N–H and O–H groups in total. The zero-order chi connectivity index (χ0) is 27.6. The van der Waals surface area contributed by atoms with E-state index < -0.39 is 0 Å². The number of halogens is 1. The van der Waals surface area contributed by atoms with Gasteiger partial charge in [0.05, 0.1) is 13.2 Å². The van der Waals surface area contributed by atoms with Gasteiger partial charge >= 0.3 is 6.03 Å². The molecule has 3 amide bonds. The summed E-state index contributed by atoms with van der Waals surface area (Å²) in [7, 11) is 0. The molecule has 3 aromatic rings. The number of urea groups is 1. The molecule has 208 valence electrons. The first-order chi connectivity index (χ1) is 18.9. The van der Waals surface area contributed by atoms with Crippen molar-refractivity contribution in [3.63, 3.8) is 0 Å². The number of hydrogen-bond acceptors (Lipinski definition) is 5. The van der Waals surface area contributed by atoms with E-state index in [4.69, 9.17) is 4.74 Å². The topological polar surface area (TPSA) is 65.1 Å². The molecule has 0 aliphatic carbocycles. The number of nitrogens with one attached hydrogen (secondary N) is 1. The van der Waals surface area contributed by atoms with Crippen molar-refractivity contribution < 1.29 is 18.7 Å². The van der Waals surface area contributed by atoms with Crippen LogP contribution in [0.2, 0.25) is 0 Å². The minimum Gasteiger partial charge on any atom is -0.494 e. The quantitative estimate of drug-likeness (QED) is 0.311. The zero-order valence-electron chi connectivity index (χ0n) is 22.7. The molecule has 1 aromatic heterocycles. The smallest absolute Gasteiger partial charge is 0.322 e.